The number of hydrogen-bond acceptors (Lipinski definition) is 5. The molecule has 0 spiro atoms. The normalized spacial score (nSPS) is 17.1. The van der Waals surface area contributed by atoms with Gasteiger partial charge in [-0.2, -0.15) is 0 Å². The second kappa shape index (κ2) is 7.92. The molecular weight excluding hydrogens is 318 g/mol. The van der Waals surface area contributed by atoms with Crippen LogP contribution >= 0.6 is 23.7 Å². The third-order valence-corrected chi connectivity index (χ3v) is 4.91. The van der Waals surface area contributed by atoms with Gasteiger partial charge < -0.3 is 10.8 Å². The van der Waals surface area contributed by atoms with Gasteiger partial charge in [0.25, 0.3) is 0 Å². The topological polar surface area (TPSA) is 62.4 Å². The van der Waals surface area contributed by atoms with Crippen molar-refractivity contribution >= 4 is 28.9 Å². The van der Waals surface area contributed by atoms with Crippen molar-refractivity contribution in [3.05, 3.63) is 46.5 Å². The van der Waals surface area contributed by atoms with Gasteiger partial charge in [0.05, 0.1) is 6.61 Å². The predicted molar refractivity (Wildman–Crippen MR) is 93.4 cm³/mol. The lowest BCUT2D eigenvalue weighted by atomic mass is 9.87. The quantitative estimate of drug-likeness (QED) is 0.879. The highest BCUT2D eigenvalue weighted by Gasteiger charge is 2.25. The van der Waals surface area contributed by atoms with Gasteiger partial charge >= 0.3 is 0 Å². The second-order valence-corrected chi connectivity index (χ2v) is 6.61. The monoisotopic (exact) mass is 339 g/mol. The number of aromatic nitrogens is 1. The third-order valence-electron chi connectivity index (χ3n) is 4.10. The Bertz CT molecular complexity index is 605. The van der Waals surface area contributed by atoms with E-state index in [1.54, 1.807) is 0 Å². The maximum Gasteiger partial charge on any atom is 0.180 e. The fourth-order valence-corrected chi connectivity index (χ4v) is 3.89. The van der Waals surface area contributed by atoms with E-state index in [-0.39, 0.29) is 19.0 Å². The fourth-order valence-electron chi connectivity index (χ4n) is 3.18. The van der Waals surface area contributed by atoms with Crippen molar-refractivity contribution in [2.24, 2.45) is 0 Å². The lowest BCUT2D eigenvalue weighted by Gasteiger charge is -2.35. The van der Waals surface area contributed by atoms with Crippen molar-refractivity contribution in [2.45, 2.75) is 31.8 Å². The van der Waals surface area contributed by atoms with Crippen LogP contribution in [0.5, 0.6) is 0 Å². The molecule has 1 heterocycles. The summed E-state index contributed by atoms with van der Waals surface area (Å²) in [5, 5.41) is 10.0. The summed E-state index contributed by atoms with van der Waals surface area (Å²) in [5.74, 6) is 0. The SMILES string of the molecule is Cl.Nc1ncc(CN(CCO)C2CCCc3ccccc32)s1. The molecule has 1 aliphatic rings. The van der Waals surface area contributed by atoms with Crippen molar-refractivity contribution in [2.75, 3.05) is 18.9 Å². The second-order valence-electron chi connectivity index (χ2n) is 5.47. The number of thiazole rings is 1. The Kier molecular flexibility index (Phi) is 6.20. The summed E-state index contributed by atoms with van der Waals surface area (Å²) < 4.78 is 0. The van der Waals surface area contributed by atoms with Gasteiger partial charge in [-0.1, -0.05) is 24.3 Å². The van der Waals surface area contributed by atoms with E-state index in [1.807, 2.05) is 6.20 Å². The van der Waals surface area contributed by atoms with Crippen molar-refractivity contribution in [3.8, 4) is 0 Å². The molecular formula is C16H22ClN3OS. The number of halogens is 1. The molecule has 0 saturated carbocycles. The summed E-state index contributed by atoms with van der Waals surface area (Å²) in [6.07, 6.45) is 5.35. The zero-order valence-corrected chi connectivity index (χ0v) is 14.1. The summed E-state index contributed by atoms with van der Waals surface area (Å²) in [4.78, 5) is 7.63. The minimum Gasteiger partial charge on any atom is -0.395 e. The summed E-state index contributed by atoms with van der Waals surface area (Å²) >= 11 is 1.53. The molecule has 0 amide bonds. The van der Waals surface area contributed by atoms with E-state index in [0.717, 1.165) is 24.3 Å². The fraction of sp³-hybridized carbons (Fsp3) is 0.438. The first-order valence-electron chi connectivity index (χ1n) is 7.41. The van der Waals surface area contributed by atoms with Crippen LogP contribution in [0.15, 0.2) is 30.5 Å². The minimum atomic E-state index is 0. The first kappa shape index (κ1) is 17.2. The van der Waals surface area contributed by atoms with Crippen LogP contribution in [-0.4, -0.2) is 28.1 Å². The van der Waals surface area contributed by atoms with Crippen molar-refractivity contribution in [3.63, 3.8) is 0 Å². The van der Waals surface area contributed by atoms with Gasteiger partial charge in [-0.15, -0.1) is 23.7 Å². The minimum absolute atomic E-state index is 0. The zero-order chi connectivity index (χ0) is 14.7. The number of aryl methyl sites for hydroxylation is 1. The Hall–Kier alpha value is -1.14. The number of benzene rings is 1. The molecule has 120 valence electrons. The van der Waals surface area contributed by atoms with Crippen LogP contribution in [-0.2, 0) is 13.0 Å². The number of nitrogens with zero attached hydrogens (tertiary/aromatic N) is 2. The molecule has 4 nitrogen and oxygen atoms in total. The summed E-state index contributed by atoms with van der Waals surface area (Å²) in [6.45, 7) is 1.65. The molecule has 22 heavy (non-hydrogen) atoms. The van der Waals surface area contributed by atoms with Crippen molar-refractivity contribution < 1.29 is 5.11 Å². The van der Waals surface area contributed by atoms with Crippen LogP contribution in [0.4, 0.5) is 5.13 Å². The number of fused-ring (bicyclic) bond motifs is 1. The molecule has 3 rings (SSSR count). The highest BCUT2D eigenvalue weighted by molar-refractivity contribution is 7.15. The van der Waals surface area contributed by atoms with E-state index in [4.69, 9.17) is 5.73 Å². The van der Waals surface area contributed by atoms with Gasteiger partial charge in [0, 0.05) is 30.2 Å². The van der Waals surface area contributed by atoms with Gasteiger partial charge in [-0.25, -0.2) is 4.98 Å². The number of hydrogen-bond donors (Lipinski definition) is 2. The molecule has 1 aliphatic carbocycles. The molecule has 3 N–H and O–H groups in total. The summed E-state index contributed by atoms with van der Waals surface area (Å²) in [6, 6.07) is 9.05. The molecule has 0 radical (unpaired) electrons. The smallest absolute Gasteiger partial charge is 0.180 e. The van der Waals surface area contributed by atoms with Crippen LogP contribution in [0.1, 0.15) is 34.9 Å². The van der Waals surface area contributed by atoms with E-state index < -0.39 is 0 Å². The number of anilines is 1. The average molecular weight is 340 g/mol. The van der Waals surface area contributed by atoms with Crippen LogP contribution < -0.4 is 5.73 Å². The van der Waals surface area contributed by atoms with E-state index in [0.29, 0.717) is 17.7 Å². The maximum absolute atomic E-state index is 9.42. The van der Waals surface area contributed by atoms with Crippen LogP contribution in [0.3, 0.4) is 0 Å². The highest BCUT2D eigenvalue weighted by atomic mass is 35.5. The van der Waals surface area contributed by atoms with Crippen molar-refractivity contribution in [1.29, 1.82) is 0 Å². The Morgan fingerprint density at radius 3 is 2.91 bits per heavy atom. The Balaban J connectivity index is 0.00000176. The lowest BCUT2D eigenvalue weighted by Crippen LogP contribution is -2.33. The highest BCUT2D eigenvalue weighted by Crippen LogP contribution is 2.35. The van der Waals surface area contributed by atoms with E-state index in [2.05, 4.69) is 34.1 Å². The molecule has 1 atom stereocenters. The first-order valence-corrected chi connectivity index (χ1v) is 8.22. The number of aliphatic hydroxyl groups excluding tert-OH is 1. The Morgan fingerprint density at radius 2 is 2.18 bits per heavy atom. The van der Waals surface area contributed by atoms with Gasteiger partial charge in [0.1, 0.15) is 0 Å². The third kappa shape index (κ3) is 3.79. The molecule has 6 heteroatoms. The predicted octanol–water partition coefficient (Wildman–Crippen LogP) is 3.02. The van der Waals surface area contributed by atoms with E-state index in [1.165, 1.54) is 28.9 Å². The molecule has 1 aromatic heterocycles. The van der Waals surface area contributed by atoms with E-state index in [9.17, 15) is 5.11 Å². The Labute approximate surface area is 141 Å². The summed E-state index contributed by atoms with van der Waals surface area (Å²) in [7, 11) is 0. The molecule has 1 aromatic carbocycles. The largest absolute Gasteiger partial charge is 0.395 e. The summed E-state index contributed by atoms with van der Waals surface area (Å²) in [5.41, 5.74) is 8.58. The van der Waals surface area contributed by atoms with Gasteiger partial charge in [0.2, 0.25) is 0 Å². The molecule has 0 saturated heterocycles. The van der Waals surface area contributed by atoms with Gasteiger partial charge in [-0.05, 0) is 30.4 Å². The van der Waals surface area contributed by atoms with Crippen LogP contribution in [0.2, 0.25) is 0 Å². The van der Waals surface area contributed by atoms with E-state index >= 15 is 0 Å². The molecule has 0 bridgehead atoms. The van der Waals surface area contributed by atoms with Crippen molar-refractivity contribution in [1.82, 2.24) is 9.88 Å². The standard InChI is InChI=1S/C16H21N3OS.ClH/c17-16-18-10-13(21-16)11-19(8-9-20)15-7-3-5-12-4-1-2-6-14(12)15;/h1-2,4,6,10,15,20H,3,5,7-9,11H2,(H2,17,18);1H. The molecule has 0 aliphatic heterocycles. The molecule has 0 fully saturated rings. The lowest BCUT2D eigenvalue weighted by molar-refractivity contribution is 0.132. The Morgan fingerprint density at radius 1 is 1.36 bits per heavy atom. The molecule has 2 aromatic rings. The molecule has 1 unspecified atom stereocenters. The number of rotatable bonds is 5. The van der Waals surface area contributed by atoms with Gasteiger partial charge in [0.15, 0.2) is 5.13 Å². The zero-order valence-electron chi connectivity index (χ0n) is 12.4. The number of nitrogen functional groups attached to an aromatic ring is 1. The first-order chi connectivity index (χ1) is 10.3. The van der Waals surface area contributed by atoms with Gasteiger partial charge in [-0.3, -0.25) is 4.90 Å². The maximum atomic E-state index is 9.42. The number of nitrogens with two attached hydrogens (primary N) is 1. The number of aliphatic hydroxyl groups is 1. The van der Waals surface area contributed by atoms with Crippen LogP contribution in [0.25, 0.3) is 0 Å². The van der Waals surface area contributed by atoms with Crippen LogP contribution in [0, 0.1) is 0 Å². The average Bonchev–Trinajstić information content (AvgIpc) is 2.91.